The fourth-order valence-electron chi connectivity index (χ4n) is 13.2. The van der Waals surface area contributed by atoms with E-state index in [1.807, 2.05) is 0 Å². The van der Waals surface area contributed by atoms with Crippen molar-refractivity contribution in [1.82, 2.24) is 0 Å². The van der Waals surface area contributed by atoms with E-state index >= 15 is 0 Å². The Morgan fingerprint density at radius 1 is 0.280 bits per heavy atom. The number of benzene rings is 11. The number of hydrogen-bond acceptors (Lipinski definition) is 2. The Balaban J connectivity index is 0.966. The van der Waals surface area contributed by atoms with Gasteiger partial charge in [0, 0.05) is 33.0 Å². The summed E-state index contributed by atoms with van der Waals surface area (Å²) in [5.74, 6) is 0. The first kappa shape index (κ1) is 44.9. The molecule has 1 aliphatic carbocycles. The van der Waals surface area contributed by atoms with Gasteiger partial charge in [0.05, 0.1) is 22.7 Å². The molecule has 0 aromatic heterocycles. The van der Waals surface area contributed by atoms with E-state index in [1.165, 1.54) is 117 Å². The molecule has 2 heteroatoms. The first-order valence-corrected chi connectivity index (χ1v) is 26.6. The van der Waals surface area contributed by atoms with Crippen LogP contribution in [0.2, 0.25) is 0 Å². The Labute approximate surface area is 441 Å². The molecule has 0 atom stereocenters. The molecule has 360 valence electrons. The molecule has 75 heavy (non-hydrogen) atoms. The summed E-state index contributed by atoms with van der Waals surface area (Å²) in [6, 6.07) is 90.8. The van der Waals surface area contributed by atoms with Crippen molar-refractivity contribution in [3.63, 3.8) is 0 Å². The minimum Gasteiger partial charge on any atom is -0.310 e. The molecule has 11 aromatic carbocycles. The Hall–Kier alpha value is -8.72. The summed E-state index contributed by atoms with van der Waals surface area (Å²) in [7, 11) is 0. The second-order valence-corrected chi connectivity index (χ2v) is 22.5. The van der Waals surface area contributed by atoms with Crippen LogP contribution in [0.4, 0.5) is 34.1 Å². The number of anilines is 6. The minimum absolute atomic E-state index is 0.143. The lowest BCUT2D eigenvalue weighted by atomic mass is 9.65. The van der Waals surface area contributed by atoms with Crippen molar-refractivity contribution in [1.29, 1.82) is 0 Å². The van der Waals surface area contributed by atoms with Crippen molar-refractivity contribution in [2.45, 2.75) is 57.8 Å². The molecule has 0 amide bonds. The van der Waals surface area contributed by atoms with E-state index in [0.717, 1.165) is 17.1 Å². The van der Waals surface area contributed by atoms with E-state index in [-0.39, 0.29) is 16.2 Å². The lowest BCUT2D eigenvalue weighted by Crippen LogP contribution is -2.38. The van der Waals surface area contributed by atoms with E-state index in [9.17, 15) is 0 Å². The second-order valence-electron chi connectivity index (χ2n) is 22.5. The first-order valence-electron chi connectivity index (χ1n) is 26.6. The molecule has 2 heterocycles. The lowest BCUT2D eigenvalue weighted by molar-refractivity contribution is 0.598. The number of rotatable bonds is 7. The SMILES string of the molecule is CC1(C)c2ccccc2-c2ccc(N(c3ccc(-c4ccccc4)cc3)c3cccc4c(-c5cc6c7c(c5)C(C)(C)c5ccc(-c8ccccc8)cc5N7c5cc(-c7ccccc7)ccc5C6(C)C)cccc34)cc21. The molecule has 0 saturated carbocycles. The third-order valence-electron chi connectivity index (χ3n) is 17.2. The van der Waals surface area contributed by atoms with E-state index in [1.54, 1.807) is 0 Å². The normalized spacial score (nSPS) is 14.8. The highest BCUT2D eigenvalue weighted by Gasteiger charge is 2.46. The highest BCUT2D eigenvalue weighted by Crippen LogP contribution is 2.62. The van der Waals surface area contributed by atoms with Crippen LogP contribution < -0.4 is 9.80 Å². The molecular weight excluding hydrogens is 905 g/mol. The maximum atomic E-state index is 2.62. The van der Waals surface area contributed by atoms with E-state index < -0.39 is 0 Å². The molecule has 0 bridgehead atoms. The summed E-state index contributed by atoms with van der Waals surface area (Å²) in [5, 5.41) is 2.43. The maximum Gasteiger partial charge on any atom is 0.0544 e. The van der Waals surface area contributed by atoms with Crippen molar-refractivity contribution in [2.75, 3.05) is 9.80 Å². The number of hydrogen-bond donors (Lipinski definition) is 0. The lowest BCUT2D eigenvalue weighted by Gasteiger charge is -2.50. The Morgan fingerprint density at radius 2 is 0.733 bits per heavy atom. The Kier molecular flexibility index (Phi) is 9.98. The van der Waals surface area contributed by atoms with Gasteiger partial charge in [0.1, 0.15) is 0 Å². The standard InChI is InChI=1S/C73H58N2/c1-71(2)61-30-17-16-26-58(61)59-39-38-55(46-64(59)71)74(54-36-32-50(33-37-54)47-20-10-7-11-21-47)67-31-19-28-57-56(27-18-29-60(57)67)53-42-65-70-66(43-53)73(5,6)63-41-35-52(49-24-14-9-15-25-49)45-69(63)75(70)68-44-51(48-22-12-8-13-23-48)34-40-62(68)72(65,3)4/h7-46H,1-6H3. The van der Waals surface area contributed by atoms with Gasteiger partial charge < -0.3 is 9.80 Å². The predicted octanol–water partition coefficient (Wildman–Crippen LogP) is 20.0. The van der Waals surface area contributed by atoms with Crippen molar-refractivity contribution >= 4 is 44.9 Å². The Bertz CT molecular complexity index is 3950. The summed E-state index contributed by atoms with van der Waals surface area (Å²) in [4.78, 5) is 5.11. The monoisotopic (exact) mass is 962 g/mol. The van der Waals surface area contributed by atoms with Gasteiger partial charge in [0.15, 0.2) is 0 Å². The van der Waals surface area contributed by atoms with Crippen molar-refractivity contribution in [3.05, 3.63) is 276 Å². The predicted molar refractivity (Wildman–Crippen MR) is 317 cm³/mol. The van der Waals surface area contributed by atoms with Crippen LogP contribution in [0.5, 0.6) is 0 Å². The van der Waals surface area contributed by atoms with Gasteiger partial charge in [-0.2, -0.15) is 0 Å². The van der Waals surface area contributed by atoms with Gasteiger partial charge >= 0.3 is 0 Å². The fraction of sp³-hybridized carbons (Fsp3) is 0.123. The molecule has 2 aliphatic heterocycles. The van der Waals surface area contributed by atoms with Crippen LogP contribution in [0.1, 0.15) is 74.9 Å². The molecule has 0 N–H and O–H groups in total. The van der Waals surface area contributed by atoms with Crippen molar-refractivity contribution < 1.29 is 0 Å². The molecule has 0 radical (unpaired) electrons. The zero-order valence-electron chi connectivity index (χ0n) is 43.5. The quantitative estimate of drug-likeness (QED) is 0.157. The van der Waals surface area contributed by atoms with E-state index in [2.05, 4.69) is 294 Å². The highest BCUT2D eigenvalue weighted by atomic mass is 15.2. The first-order chi connectivity index (χ1) is 36.5. The third kappa shape index (κ3) is 6.85. The molecule has 11 aromatic rings. The smallest absolute Gasteiger partial charge is 0.0544 e. The minimum atomic E-state index is -0.314. The van der Waals surface area contributed by atoms with Gasteiger partial charge in [-0.25, -0.2) is 0 Å². The zero-order valence-corrected chi connectivity index (χ0v) is 43.5. The van der Waals surface area contributed by atoms with Crippen LogP contribution in [-0.4, -0.2) is 0 Å². The van der Waals surface area contributed by atoms with Gasteiger partial charge in [0.2, 0.25) is 0 Å². The van der Waals surface area contributed by atoms with Gasteiger partial charge in [0.25, 0.3) is 0 Å². The summed E-state index contributed by atoms with van der Waals surface area (Å²) in [6.07, 6.45) is 0. The van der Waals surface area contributed by atoms with Crippen LogP contribution in [0, 0.1) is 0 Å². The molecular formula is C73H58N2. The van der Waals surface area contributed by atoms with Crippen LogP contribution in [0.25, 0.3) is 66.4 Å². The van der Waals surface area contributed by atoms with Crippen molar-refractivity contribution in [2.24, 2.45) is 0 Å². The van der Waals surface area contributed by atoms with Gasteiger partial charge in [-0.3, -0.25) is 0 Å². The molecule has 3 aliphatic rings. The average molecular weight is 963 g/mol. The average Bonchev–Trinajstić information content (AvgIpc) is 3.70. The summed E-state index contributed by atoms with van der Waals surface area (Å²) < 4.78 is 0. The van der Waals surface area contributed by atoms with E-state index in [0.29, 0.717) is 0 Å². The Morgan fingerprint density at radius 3 is 1.33 bits per heavy atom. The summed E-state index contributed by atoms with van der Waals surface area (Å²) in [5.41, 5.74) is 26.9. The van der Waals surface area contributed by atoms with Gasteiger partial charge in [-0.05, 0) is 149 Å². The number of nitrogens with zero attached hydrogens (tertiary/aromatic N) is 2. The molecule has 0 fully saturated rings. The van der Waals surface area contributed by atoms with Crippen LogP contribution in [-0.2, 0) is 16.2 Å². The van der Waals surface area contributed by atoms with Crippen LogP contribution in [0.3, 0.4) is 0 Å². The second kappa shape index (κ2) is 16.6. The van der Waals surface area contributed by atoms with Gasteiger partial charge in [-0.15, -0.1) is 0 Å². The number of fused-ring (bicyclic) bond motifs is 8. The largest absolute Gasteiger partial charge is 0.310 e. The molecule has 0 unspecified atom stereocenters. The molecule has 14 rings (SSSR count). The zero-order chi connectivity index (χ0) is 50.8. The third-order valence-corrected chi connectivity index (χ3v) is 17.2. The molecule has 0 saturated heterocycles. The fourth-order valence-corrected chi connectivity index (χ4v) is 13.2. The molecule has 2 nitrogen and oxygen atoms in total. The highest BCUT2D eigenvalue weighted by molar-refractivity contribution is 6.07. The topological polar surface area (TPSA) is 6.48 Å². The van der Waals surface area contributed by atoms with E-state index in [4.69, 9.17) is 0 Å². The van der Waals surface area contributed by atoms with Crippen LogP contribution >= 0.6 is 0 Å². The maximum absolute atomic E-state index is 2.62. The summed E-state index contributed by atoms with van der Waals surface area (Å²) >= 11 is 0. The van der Waals surface area contributed by atoms with Crippen molar-refractivity contribution in [3.8, 4) is 55.6 Å². The van der Waals surface area contributed by atoms with Gasteiger partial charge in [-0.1, -0.05) is 230 Å². The summed E-state index contributed by atoms with van der Waals surface area (Å²) in [6.45, 7) is 14.5. The molecule has 0 spiro atoms. The van der Waals surface area contributed by atoms with Crippen LogP contribution in [0.15, 0.2) is 243 Å².